The van der Waals surface area contributed by atoms with Crippen molar-refractivity contribution in [3.63, 3.8) is 0 Å². The lowest BCUT2D eigenvalue weighted by Crippen LogP contribution is -2.12. The van der Waals surface area contributed by atoms with Crippen molar-refractivity contribution in [2.75, 3.05) is 6.61 Å². The average molecular weight is 273 g/mol. The van der Waals surface area contributed by atoms with Crippen molar-refractivity contribution >= 4 is 5.97 Å². The van der Waals surface area contributed by atoms with Crippen molar-refractivity contribution in [1.82, 2.24) is 9.78 Å². The van der Waals surface area contributed by atoms with Gasteiger partial charge in [-0.3, -0.25) is 0 Å². The number of esters is 1. The topological polar surface area (TPSA) is 70.1 Å². The van der Waals surface area contributed by atoms with Gasteiger partial charge in [-0.15, -0.1) is 0 Å². The zero-order valence-corrected chi connectivity index (χ0v) is 11.7. The number of nitrogens with two attached hydrogens (primary N) is 1. The summed E-state index contributed by atoms with van der Waals surface area (Å²) in [5.74, 6) is -0.365. The van der Waals surface area contributed by atoms with Crippen LogP contribution in [0.3, 0.4) is 0 Å². The number of rotatable bonds is 5. The molecule has 1 heterocycles. The molecule has 5 heteroatoms. The van der Waals surface area contributed by atoms with E-state index in [2.05, 4.69) is 5.10 Å². The van der Waals surface area contributed by atoms with E-state index in [9.17, 15) is 4.79 Å². The number of carbonyl (C=O) groups excluding carboxylic acids is 1. The minimum absolute atomic E-state index is 0.0542. The fourth-order valence-electron chi connectivity index (χ4n) is 2.00. The van der Waals surface area contributed by atoms with Crippen LogP contribution in [0.25, 0.3) is 5.69 Å². The molecule has 0 saturated heterocycles. The Labute approximate surface area is 118 Å². The van der Waals surface area contributed by atoms with E-state index in [0.717, 1.165) is 17.7 Å². The van der Waals surface area contributed by atoms with Gasteiger partial charge in [0, 0.05) is 12.2 Å². The van der Waals surface area contributed by atoms with E-state index in [0.29, 0.717) is 12.2 Å². The van der Waals surface area contributed by atoms with Crippen molar-refractivity contribution in [1.29, 1.82) is 0 Å². The Hall–Kier alpha value is -2.14. The number of hydrogen-bond acceptors (Lipinski definition) is 4. The standard InChI is InChI=1S/C15H19N3O2/c1-3-13(16)12-7-5-6-8-14(12)18-10-11(9-17-18)15(19)20-4-2/h5-10,13H,3-4,16H2,1-2H3/t13-/m1/s1. The molecule has 2 N–H and O–H groups in total. The lowest BCUT2D eigenvalue weighted by Gasteiger charge is -2.14. The summed E-state index contributed by atoms with van der Waals surface area (Å²) in [6.07, 6.45) is 4.01. The second-order valence-electron chi connectivity index (χ2n) is 4.47. The molecule has 1 aromatic heterocycles. The van der Waals surface area contributed by atoms with Crippen LogP contribution >= 0.6 is 0 Å². The molecule has 106 valence electrons. The molecule has 0 aliphatic rings. The van der Waals surface area contributed by atoms with Crippen molar-refractivity contribution in [3.8, 4) is 5.69 Å². The van der Waals surface area contributed by atoms with E-state index in [1.54, 1.807) is 17.8 Å². The smallest absolute Gasteiger partial charge is 0.341 e. The van der Waals surface area contributed by atoms with Crippen LogP contribution in [0.1, 0.15) is 42.2 Å². The number of ether oxygens (including phenoxy) is 1. The van der Waals surface area contributed by atoms with Crippen LogP contribution < -0.4 is 5.73 Å². The predicted molar refractivity (Wildman–Crippen MR) is 76.7 cm³/mol. The summed E-state index contributed by atoms with van der Waals surface area (Å²) in [4.78, 5) is 11.7. The molecule has 2 aromatic rings. The highest BCUT2D eigenvalue weighted by Crippen LogP contribution is 2.22. The van der Waals surface area contributed by atoms with Crippen molar-refractivity contribution in [2.45, 2.75) is 26.3 Å². The largest absolute Gasteiger partial charge is 0.462 e. The summed E-state index contributed by atoms with van der Waals surface area (Å²) < 4.78 is 6.62. The first-order valence-corrected chi connectivity index (χ1v) is 6.74. The highest BCUT2D eigenvalue weighted by atomic mass is 16.5. The predicted octanol–water partition coefficient (Wildman–Crippen LogP) is 2.46. The first-order valence-electron chi connectivity index (χ1n) is 6.74. The molecule has 1 atom stereocenters. The molecule has 0 unspecified atom stereocenters. The van der Waals surface area contributed by atoms with Gasteiger partial charge in [0.2, 0.25) is 0 Å². The van der Waals surface area contributed by atoms with Crippen LogP contribution in [0.5, 0.6) is 0 Å². The molecule has 1 aromatic carbocycles. The lowest BCUT2D eigenvalue weighted by atomic mass is 10.0. The van der Waals surface area contributed by atoms with Crippen LogP contribution in [0.15, 0.2) is 36.7 Å². The van der Waals surface area contributed by atoms with Crippen LogP contribution in [-0.4, -0.2) is 22.4 Å². The number of carbonyl (C=O) groups is 1. The minimum atomic E-state index is -0.365. The first kappa shape index (κ1) is 14.3. The number of para-hydroxylation sites is 1. The van der Waals surface area contributed by atoms with Gasteiger partial charge in [0.05, 0.1) is 24.1 Å². The number of nitrogens with zero attached hydrogens (tertiary/aromatic N) is 2. The Morgan fingerprint density at radius 1 is 1.40 bits per heavy atom. The number of aromatic nitrogens is 2. The monoisotopic (exact) mass is 273 g/mol. The third kappa shape index (κ3) is 2.88. The van der Waals surface area contributed by atoms with Gasteiger partial charge in [0.1, 0.15) is 0 Å². The molecule has 20 heavy (non-hydrogen) atoms. The van der Waals surface area contributed by atoms with Crippen LogP contribution in [0, 0.1) is 0 Å². The van der Waals surface area contributed by atoms with Gasteiger partial charge in [0.15, 0.2) is 0 Å². The highest BCUT2D eigenvalue weighted by molar-refractivity contribution is 5.88. The zero-order valence-electron chi connectivity index (χ0n) is 11.7. The molecular formula is C15H19N3O2. The maximum atomic E-state index is 11.7. The Morgan fingerprint density at radius 2 is 2.15 bits per heavy atom. The number of benzene rings is 1. The van der Waals surface area contributed by atoms with Gasteiger partial charge in [0.25, 0.3) is 0 Å². The van der Waals surface area contributed by atoms with E-state index in [-0.39, 0.29) is 12.0 Å². The summed E-state index contributed by atoms with van der Waals surface area (Å²) >= 11 is 0. The van der Waals surface area contributed by atoms with E-state index >= 15 is 0 Å². The Kier molecular flexibility index (Phi) is 4.53. The maximum absolute atomic E-state index is 11.7. The summed E-state index contributed by atoms with van der Waals surface area (Å²) in [6.45, 7) is 4.16. The quantitative estimate of drug-likeness (QED) is 0.849. The van der Waals surface area contributed by atoms with Crippen molar-refractivity contribution < 1.29 is 9.53 Å². The molecule has 5 nitrogen and oxygen atoms in total. The molecule has 0 radical (unpaired) electrons. The van der Waals surface area contributed by atoms with Gasteiger partial charge >= 0.3 is 5.97 Å². The Bertz CT molecular complexity index is 592. The second-order valence-corrected chi connectivity index (χ2v) is 4.47. The van der Waals surface area contributed by atoms with Gasteiger partial charge in [-0.25, -0.2) is 9.48 Å². The fourth-order valence-corrected chi connectivity index (χ4v) is 2.00. The molecular weight excluding hydrogens is 254 g/mol. The normalized spacial score (nSPS) is 12.2. The summed E-state index contributed by atoms with van der Waals surface area (Å²) in [5.41, 5.74) is 8.45. The Balaban J connectivity index is 2.35. The SMILES string of the molecule is CCOC(=O)c1cnn(-c2ccccc2[C@H](N)CC)c1. The molecule has 0 aliphatic heterocycles. The summed E-state index contributed by atoms with van der Waals surface area (Å²) in [5, 5.41) is 4.23. The molecule has 2 rings (SSSR count). The highest BCUT2D eigenvalue weighted by Gasteiger charge is 2.14. The van der Waals surface area contributed by atoms with E-state index in [1.807, 2.05) is 31.2 Å². The van der Waals surface area contributed by atoms with Gasteiger partial charge < -0.3 is 10.5 Å². The zero-order chi connectivity index (χ0) is 14.5. The van der Waals surface area contributed by atoms with Crippen LogP contribution in [0.2, 0.25) is 0 Å². The Morgan fingerprint density at radius 3 is 2.85 bits per heavy atom. The molecule has 0 aliphatic carbocycles. The van der Waals surface area contributed by atoms with Crippen LogP contribution in [0.4, 0.5) is 0 Å². The second kappa shape index (κ2) is 6.34. The van der Waals surface area contributed by atoms with E-state index in [4.69, 9.17) is 10.5 Å². The van der Waals surface area contributed by atoms with Crippen molar-refractivity contribution in [3.05, 3.63) is 47.8 Å². The fraction of sp³-hybridized carbons (Fsp3) is 0.333. The summed E-state index contributed by atoms with van der Waals surface area (Å²) in [6, 6.07) is 7.74. The molecule has 0 fully saturated rings. The van der Waals surface area contributed by atoms with E-state index < -0.39 is 0 Å². The summed E-state index contributed by atoms with van der Waals surface area (Å²) in [7, 11) is 0. The van der Waals surface area contributed by atoms with E-state index in [1.165, 1.54) is 6.20 Å². The molecule has 0 bridgehead atoms. The van der Waals surface area contributed by atoms with Gasteiger partial charge in [-0.2, -0.15) is 5.10 Å². The molecule has 0 saturated carbocycles. The number of hydrogen-bond donors (Lipinski definition) is 1. The average Bonchev–Trinajstić information content (AvgIpc) is 2.96. The van der Waals surface area contributed by atoms with Crippen molar-refractivity contribution in [2.24, 2.45) is 5.73 Å². The lowest BCUT2D eigenvalue weighted by molar-refractivity contribution is 0.0526. The first-order chi connectivity index (χ1) is 9.67. The molecule has 0 amide bonds. The van der Waals surface area contributed by atoms with Gasteiger partial charge in [-0.1, -0.05) is 25.1 Å². The van der Waals surface area contributed by atoms with Crippen LogP contribution in [-0.2, 0) is 4.74 Å². The maximum Gasteiger partial charge on any atom is 0.341 e. The molecule has 0 spiro atoms. The third-order valence-electron chi connectivity index (χ3n) is 3.12. The van der Waals surface area contributed by atoms with Gasteiger partial charge in [-0.05, 0) is 25.0 Å². The third-order valence-corrected chi connectivity index (χ3v) is 3.12. The minimum Gasteiger partial charge on any atom is -0.462 e.